The Morgan fingerprint density at radius 3 is 2.35 bits per heavy atom. The predicted molar refractivity (Wildman–Crippen MR) is 94.6 cm³/mol. The van der Waals surface area contributed by atoms with Gasteiger partial charge in [-0.15, -0.1) is 0 Å². The van der Waals surface area contributed by atoms with Crippen molar-refractivity contribution in [3.63, 3.8) is 0 Å². The summed E-state index contributed by atoms with van der Waals surface area (Å²) in [5.74, 6) is 0.0847. The van der Waals surface area contributed by atoms with Gasteiger partial charge in [-0.05, 0) is 55.2 Å². The lowest BCUT2D eigenvalue weighted by Gasteiger charge is -2.37. The van der Waals surface area contributed by atoms with Gasteiger partial charge in [-0.2, -0.15) is 0 Å². The van der Waals surface area contributed by atoms with E-state index < -0.39 is 5.97 Å². The summed E-state index contributed by atoms with van der Waals surface area (Å²) in [5.41, 5.74) is 0.570. The Balaban J connectivity index is 1.52. The van der Waals surface area contributed by atoms with Crippen LogP contribution in [-0.4, -0.2) is 24.4 Å². The predicted octanol–water partition coefficient (Wildman–Crippen LogP) is 3.07. The number of hydrogen-bond acceptors (Lipinski definition) is 4. The quantitative estimate of drug-likeness (QED) is 0.465. The number of nitrogens with zero attached hydrogens (tertiary/aromatic N) is 1. The third-order valence-electron chi connectivity index (χ3n) is 6.37. The Bertz CT molecular complexity index is 843. The molecule has 1 saturated heterocycles. The standard InChI is InChI=1S/C20H18ClNO4/c1-2-26-20(25)14-7-9(3-6-15(14)21)22-18(23)16-10-4-5-11(13-8-12(10)13)17(16)19(22)24/h3-7,10-13,16-17H,2,8H2,1H3/t10-,11-,12-,13+,16+,17+/m1/s1. The van der Waals surface area contributed by atoms with Crippen LogP contribution in [0.2, 0.25) is 5.02 Å². The van der Waals surface area contributed by atoms with Crippen LogP contribution < -0.4 is 4.90 Å². The molecular formula is C20H18ClNO4. The molecule has 0 radical (unpaired) electrons. The first-order valence-electron chi connectivity index (χ1n) is 9.05. The number of anilines is 1. The molecule has 0 spiro atoms. The molecule has 5 nitrogen and oxygen atoms in total. The molecule has 0 N–H and O–H groups in total. The highest BCUT2D eigenvalue weighted by molar-refractivity contribution is 6.34. The Hall–Kier alpha value is -2.14. The third-order valence-corrected chi connectivity index (χ3v) is 6.70. The van der Waals surface area contributed by atoms with Crippen LogP contribution in [0.25, 0.3) is 0 Å². The lowest BCUT2D eigenvalue weighted by Crippen LogP contribution is -2.40. The highest BCUT2D eigenvalue weighted by Gasteiger charge is 2.67. The summed E-state index contributed by atoms with van der Waals surface area (Å²) in [5, 5.41) is 0.242. The molecular weight excluding hydrogens is 354 g/mol. The maximum atomic E-state index is 13.1. The van der Waals surface area contributed by atoms with Crippen LogP contribution in [0.15, 0.2) is 30.4 Å². The zero-order valence-electron chi connectivity index (χ0n) is 14.2. The highest BCUT2D eigenvalue weighted by Crippen LogP contribution is 2.65. The maximum absolute atomic E-state index is 13.1. The number of carbonyl (C=O) groups is 3. The molecule has 0 aromatic heterocycles. The fraction of sp³-hybridized carbons (Fsp3) is 0.450. The number of halogens is 1. The van der Waals surface area contributed by atoms with Crippen LogP contribution in [0.5, 0.6) is 0 Å². The van der Waals surface area contributed by atoms with Crippen LogP contribution >= 0.6 is 11.6 Å². The summed E-state index contributed by atoms with van der Waals surface area (Å²) >= 11 is 6.11. The molecule has 1 heterocycles. The number of carbonyl (C=O) groups excluding carboxylic acids is 3. The van der Waals surface area contributed by atoms with Gasteiger partial charge in [0.05, 0.1) is 34.7 Å². The van der Waals surface area contributed by atoms with E-state index in [-0.39, 0.29) is 52.7 Å². The van der Waals surface area contributed by atoms with Gasteiger partial charge in [0.2, 0.25) is 11.8 Å². The highest BCUT2D eigenvalue weighted by atomic mass is 35.5. The van der Waals surface area contributed by atoms with Crippen molar-refractivity contribution >= 4 is 35.1 Å². The molecule has 6 rings (SSSR count). The van der Waals surface area contributed by atoms with Crippen LogP contribution in [0.4, 0.5) is 5.69 Å². The van der Waals surface area contributed by atoms with Gasteiger partial charge >= 0.3 is 5.97 Å². The molecule has 3 fully saturated rings. The summed E-state index contributed by atoms with van der Waals surface area (Å²) in [6.45, 7) is 1.94. The van der Waals surface area contributed by atoms with Crippen molar-refractivity contribution in [2.45, 2.75) is 13.3 Å². The molecule has 1 aliphatic heterocycles. The summed E-state index contributed by atoms with van der Waals surface area (Å²) in [6.07, 6.45) is 5.41. The van der Waals surface area contributed by atoms with E-state index in [1.54, 1.807) is 13.0 Å². The second-order valence-corrected chi connectivity index (χ2v) is 7.96. The SMILES string of the molecule is CCOC(=O)c1cc(N2C(=O)[C@H]3[C@@H]4C=C[C@H]([C@@H]5C[C@H]45)[C@@H]3C2=O)ccc1Cl. The Morgan fingerprint density at radius 2 is 1.77 bits per heavy atom. The smallest absolute Gasteiger partial charge is 0.339 e. The van der Waals surface area contributed by atoms with Crippen LogP contribution in [0.3, 0.4) is 0 Å². The second-order valence-electron chi connectivity index (χ2n) is 7.55. The molecule has 6 atom stereocenters. The first-order valence-corrected chi connectivity index (χ1v) is 9.43. The van der Waals surface area contributed by atoms with Crippen molar-refractivity contribution in [3.8, 4) is 0 Å². The van der Waals surface area contributed by atoms with Gasteiger partial charge in [-0.3, -0.25) is 9.59 Å². The minimum atomic E-state index is -0.557. The Kier molecular flexibility index (Phi) is 3.35. The number of imide groups is 1. The fourth-order valence-corrected chi connectivity index (χ4v) is 5.42. The summed E-state index contributed by atoms with van der Waals surface area (Å²) in [7, 11) is 0. The van der Waals surface area contributed by atoms with Crippen LogP contribution in [0.1, 0.15) is 23.7 Å². The molecule has 26 heavy (non-hydrogen) atoms. The Labute approximate surface area is 155 Å². The van der Waals surface area contributed by atoms with Crippen molar-refractivity contribution in [1.29, 1.82) is 0 Å². The van der Waals surface area contributed by atoms with Gasteiger partial charge in [0.25, 0.3) is 0 Å². The van der Waals surface area contributed by atoms with E-state index in [0.717, 1.165) is 6.42 Å². The minimum absolute atomic E-state index is 0.151. The van der Waals surface area contributed by atoms with Crippen LogP contribution in [-0.2, 0) is 14.3 Å². The lowest BCUT2D eigenvalue weighted by molar-refractivity contribution is -0.124. The van der Waals surface area contributed by atoms with E-state index in [1.165, 1.54) is 17.0 Å². The number of rotatable bonds is 3. The first-order chi connectivity index (χ1) is 12.5. The monoisotopic (exact) mass is 371 g/mol. The molecule has 4 aliphatic carbocycles. The van der Waals surface area contributed by atoms with E-state index in [4.69, 9.17) is 16.3 Å². The van der Waals surface area contributed by atoms with Crippen molar-refractivity contribution in [2.75, 3.05) is 11.5 Å². The number of amides is 2. The van der Waals surface area contributed by atoms with Crippen molar-refractivity contribution in [1.82, 2.24) is 0 Å². The molecule has 2 amide bonds. The summed E-state index contributed by atoms with van der Waals surface area (Å²) in [6, 6.07) is 4.65. The molecule has 1 aromatic carbocycles. The van der Waals surface area contributed by atoms with Gasteiger partial charge in [-0.1, -0.05) is 23.8 Å². The number of hydrogen-bond donors (Lipinski definition) is 0. The molecule has 2 saturated carbocycles. The zero-order chi connectivity index (χ0) is 18.2. The molecule has 134 valence electrons. The van der Waals surface area contributed by atoms with Gasteiger partial charge in [0.1, 0.15) is 0 Å². The molecule has 2 bridgehead atoms. The topological polar surface area (TPSA) is 63.7 Å². The van der Waals surface area contributed by atoms with Crippen molar-refractivity contribution in [3.05, 3.63) is 40.9 Å². The second kappa shape index (κ2) is 5.43. The number of benzene rings is 1. The van der Waals surface area contributed by atoms with E-state index in [0.29, 0.717) is 17.5 Å². The largest absolute Gasteiger partial charge is 0.462 e. The minimum Gasteiger partial charge on any atom is -0.462 e. The van der Waals surface area contributed by atoms with E-state index in [2.05, 4.69) is 12.2 Å². The van der Waals surface area contributed by atoms with Gasteiger partial charge < -0.3 is 4.74 Å². The van der Waals surface area contributed by atoms with E-state index >= 15 is 0 Å². The number of esters is 1. The molecule has 1 aromatic rings. The van der Waals surface area contributed by atoms with Crippen molar-refractivity contribution in [2.24, 2.45) is 35.5 Å². The van der Waals surface area contributed by atoms with Crippen LogP contribution in [0, 0.1) is 35.5 Å². The van der Waals surface area contributed by atoms with E-state index in [9.17, 15) is 14.4 Å². The zero-order valence-corrected chi connectivity index (χ0v) is 15.0. The lowest BCUT2D eigenvalue weighted by atomic mass is 9.63. The summed E-state index contributed by atoms with van der Waals surface area (Å²) < 4.78 is 5.02. The third kappa shape index (κ3) is 2.01. The number of ether oxygens (including phenoxy) is 1. The molecule has 0 unspecified atom stereocenters. The van der Waals surface area contributed by atoms with Gasteiger partial charge in [0.15, 0.2) is 0 Å². The average Bonchev–Trinajstić information content (AvgIpc) is 3.40. The fourth-order valence-electron chi connectivity index (χ4n) is 5.23. The average molecular weight is 372 g/mol. The van der Waals surface area contributed by atoms with Crippen molar-refractivity contribution < 1.29 is 19.1 Å². The molecule has 6 heteroatoms. The number of allylic oxidation sites excluding steroid dienone is 2. The van der Waals surface area contributed by atoms with Gasteiger partial charge in [0, 0.05) is 0 Å². The first kappa shape index (κ1) is 16.1. The Morgan fingerprint density at radius 1 is 1.15 bits per heavy atom. The summed E-state index contributed by atoms with van der Waals surface area (Å²) in [4.78, 5) is 39.6. The van der Waals surface area contributed by atoms with E-state index in [1.807, 2.05) is 0 Å². The van der Waals surface area contributed by atoms with Gasteiger partial charge in [-0.25, -0.2) is 9.69 Å². The molecule has 5 aliphatic rings. The normalized spacial score (nSPS) is 36.2. The maximum Gasteiger partial charge on any atom is 0.339 e.